The average molecular weight is 236 g/mol. The van der Waals surface area contributed by atoms with Crippen LogP contribution in [0.25, 0.3) is 0 Å². The SMILES string of the molecule is COc1ccc(CNCCC(C)CN)cc1C. The van der Waals surface area contributed by atoms with Crippen molar-refractivity contribution in [3.63, 3.8) is 0 Å². The minimum absolute atomic E-state index is 0.597. The molecule has 0 fully saturated rings. The Hall–Kier alpha value is -1.06. The van der Waals surface area contributed by atoms with Gasteiger partial charge in [-0.05, 0) is 49.5 Å². The third-order valence-corrected chi connectivity index (χ3v) is 3.00. The molecule has 0 aliphatic carbocycles. The highest BCUT2D eigenvalue weighted by atomic mass is 16.5. The number of aryl methyl sites for hydroxylation is 1. The van der Waals surface area contributed by atoms with E-state index in [0.717, 1.165) is 31.8 Å². The monoisotopic (exact) mass is 236 g/mol. The van der Waals surface area contributed by atoms with Crippen LogP contribution in [0.4, 0.5) is 0 Å². The Morgan fingerprint density at radius 2 is 2.18 bits per heavy atom. The predicted molar refractivity (Wildman–Crippen MR) is 72.3 cm³/mol. The van der Waals surface area contributed by atoms with Gasteiger partial charge in [0.25, 0.3) is 0 Å². The summed E-state index contributed by atoms with van der Waals surface area (Å²) in [6, 6.07) is 6.29. The van der Waals surface area contributed by atoms with E-state index in [1.54, 1.807) is 7.11 Å². The van der Waals surface area contributed by atoms with Gasteiger partial charge in [-0.2, -0.15) is 0 Å². The molecule has 3 heteroatoms. The van der Waals surface area contributed by atoms with Gasteiger partial charge in [0.1, 0.15) is 5.75 Å². The Morgan fingerprint density at radius 3 is 2.76 bits per heavy atom. The first-order valence-electron chi connectivity index (χ1n) is 6.21. The van der Waals surface area contributed by atoms with Gasteiger partial charge in [0.2, 0.25) is 0 Å². The van der Waals surface area contributed by atoms with E-state index in [2.05, 4.69) is 31.3 Å². The minimum Gasteiger partial charge on any atom is -0.496 e. The van der Waals surface area contributed by atoms with Crippen LogP contribution in [0.1, 0.15) is 24.5 Å². The minimum atomic E-state index is 0.597. The van der Waals surface area contributed by atoms with Crippen LogP contribution in [0.2, 0.25) is 0 Å². The fourth-order valence-corrected chi connectivity index (χ4v) is 1.75. The number of nitrogens with one attached hydrogen (secondary N) is 1. The van der Waals surface area contributed by atoms with E-state index < -0.39 is 0 Å². The largest absolute Gasteiger partial charge is 0.496 e. The molecule has 1 aromatic rings. The van der Waals surface area contributed by atoms with Crippen LogP contribution in [0, 0.1) is 12.8 Å². The number of rotatable bonds is 7. The van der Waals surface area contributed by atoms with Crippen molar-refractivity contribution < 1.29 is 4.74 Å². The summed E-state index contributed by atoms with van der Waals surface area (Å²) in [6.45, 7) is 6.94. The maximum atomic E-state index is 5.58. The van der Waals surface area contributed by atoms with Gasteiger partial charge in [-0.1, -0.05) is 19.1 Å². The highest BCUT2D eigenvalue weighted by Gasteiger charge is 2.01. The van der Waals surface area contributed by atoms with Crippen LogP contribution in [0.3, 0.4) is 0 Å². The molecule has 0 aliphatic heterocycles. The molecule has 0 saturated heterocycles. The van der Waals surface area contributed by atoms with E-state index in [1.807, 2.05) is 6.07 Å². The van der Waals surface area contributed by atoms with Crippen LogP contribution in [0.5, 0.6) is 5.75 Å². The van der Waals surface area contributed by atoms with Crippen molar-refractivity contribution in [2.24, 2.45) is 11.7 Å². The zero-order valence-electron chi connectivity index (χ0n) is 11.1. The van der Waals surface area contributed by atoms with E-state index in [1.165, 1.54) is 11.1 Å². The van der Waals surface area contributed by atoms with Gasteiger partial charge in [-0.25, -0.2) is 0 Å². The van der Waals surface area contributed by atoms with Crippen molar-refractivity contribution in [2.45, 2.75) is 26.8 Å². The Bertz CT molecular complexity index is 339. The van der Waals surface area contributed by atoms with Gasteiger partial charge in [0.15, 0.2) is 0 Å². The fraction of sp³-hybridized carbons (Fsp3) is 0.571. The summed E-state index contributed by atoms with van der Waals surface area (Å²) in [6.07, 6.45) is 1.13. The predicted octanol–water partition coefficient (Wildman–Crippen LogP) is 2.08. The van der Waals surface area contributed by atoms with Crippen LogP contribution < -0.4 is 15.8 Å². The molecule has 0 saturated carbocycles. The van der Waals surface area contributed by atoms with Crippen molar-refractivity contribution in [2.75, 3.05) is 20.2 Å². The lowest BCUT2D eigenvalue weighted by atomic mass is 10.1. The van der Waals surface area contributed by atoms with E-state index in [-0.39, 0.29) is 0 Å². The molecule has 17 heavy (non-hydrogen) atoms. The number of hydrogen-bond donors (Lipinski definition) is 2. The van der Waals surface area contributed by atoms with Gasteiger partial charge < -0.3 is 15.8 Å². The molecular weight excluding hydrogens is 212 g/mol. The molecule has 1 atom stereocenters. The van der Waals surface area contributed by atoms with Crippen molar-refractivity contribution in [1.29, 1.82) is 0 Å². The zero-order chi connectivity index (χ0) is 12.7. The van der Waals surface area contributed by atoms with E-state index in [0.29, 0.717) is 5.92 Å². The van der Waals surface area contributed by atoms with Crippen LogP contribution in [-0.4, -0.2) is 20.2 Å². The highest BCUT2D eigenvalue weighted by Crippen LogP contribution is 2.18. The molecule has 0 aromatic heterocycles. The van der Waals surface area contributed by atoms with Gasteiger partial charge in [-0.15, -0.1) is 0 Å². The first kappa shape index (κ1) is 14.0. The Labute approximate surface area is 104 Å². The second-order valence-electron chi connectivity index (χ2n) is 4.61. The second kappa shape index (κ2) is 7.30. The number of methoxy groups -OCH3 is 1. The van der Waals surface area contributed by atoms with Crippen molar-refractivity contribution in [3.05, 3.63) is 29.3 Å². The summed E-state index contributed by atoms with van der Waals surface area (Å²) in [5.41, 5.74) is 8.05. The summed E-state index contributed by atoms with van der Waals surface area (Å²) in [5.74, 6) is 1.55. The maximum Gasteiger partial charge on any atom is 0.121 e. The summed E-state index contributed by atoms with van der Waals surface area (Å²) in [4.78, 5) is 0. The lowest BCUT2D eigenvalue weighted by Gasteiger charge is -2.10. The molecule has 96 valence electrons. The molecule has 1 aromatic carbocycles. The Morgan fingerprint density at radius 1 is 1.41 bits per heavy atom. The molecule has 0 amide bonds. The second-order valence-corrected chi connectivity index (χ2v) is 4.61. The molecule has 0 radical (unpaired) electrons. The summed E-state index contributed by atoms with van der Waals surface area (Å²) < 4.78 is 5.24. The molecule has 3 nitrogen and oxygen atoms in total. The Kier molecular flexibility index (Phi) is 6.01. The smallest absolute Gasteiger partial charge is 0.121 e. The van der Waals surface area contributed by atoms with E-state index in [9.17, 15) is 0 Å². The molecule has 1 rings (SSSR count). The number of ether oxygens (including phenoxy) is 1. The van der Waals surface area contributed by atoms with Crippen molar-refractivity contribution >= 4 is 0 Å². The number of hydrogen-bond acceptors (Lipinski definition) is 3. The molecular formula is C14H24N2O. The molecule has 1 unspecified atom stereocenters. The van der Waals surface area contributed by atoms with Gasteiger partial charge in [0, 0.05) is 6.54 Å². The average Bonchev–Trinajstić information content (AvgIpc) is 2.34. The number of nitrogens with two attached hydrogens (primary N) is 1. The maximum absolute atomic E-state index is 5.58. The van der Waals surface area contributed by atoms with Gasteiger partial charge in [-0.3, -0.25) is 0 Å². The Balaban J connectivity index is 2.34. The van der Waals surface area contributed by atoms with Crippen LogP contribution in [0.15, 0.2) is 18.2 Å². The lowest BCUT2D eigenvalue weighted by molar-refractivity contribution is 0.411. The van der Waals surface area contributed by atoms with Crippen molar-refractivity contribution in [1.82, 2.24) is 5.32 Å². The van der Waals surface area contributed by atoms with Gasteiger partial charge >= 0.3 is 0 Å². The first-order chi connectivity index (χ1) is 8.17. The quantitative estimate of drug-likeness (QED) is 0.713. The highest BCUT2D eigenvalue weighted by molar-refractivity contribution is 5.36. The molecule has 0 heterocycles. The third-order valence-electron chi connectivity index (χ3n) is 3.00. The van der Waals surface area contributed by atoms with Crippen molar-refractivity contribution in [3.8, 4) is 5.75 Å². The normalized spacial score (nSPS) is 12.5. The van der Waals surface area contributed by atoms with E-state index in [4.69, 9.17) is 10.5 Å². The van der Waals surface area contributed by atoms with Crippen LogP contribution in [-0.2, 0) is 6.54 Å². The molecule has 0 spiro atoms. The molecule has 3 N–H and O–H groups in total. The topological polar surface area (TPSA) is 47.3 Å². The van der Waals surface area contributed by atoms with E-state index >= 15 is 0 Å². The molecule has 0 bridgehead atoms. The summed E-state index contributed by atoms with van der Waals surface area (Å²) in [5, 5.41) is 3.44. The summed E-state index contributed by atoms with van der Waals surface area (Å²) in [7, 11) is 1.70. The zero-order valence-corrected chi connectivity index (χ0v) is 11.1. The third kappa shape index (κ3) is 4.75. The standard InChI is InChI=1S/C14H24N2O/c1-11(9-15)6-7-16-10-13-4-5-14(17-3)12(2)8-13/h4-5,8,11,16H,6-7,9-10,15H2,1-3H3. The lowest BCUT2D eigenvalue weighted by Crippen LogP contribution is -2.20. The summed E-state index contributed by atoms with van der Waals surface area (Å²) >= 11 is 0. The molecule has 0 aliphatic rings. The number of benzene rings is 1. The van der Waals surface area contributed by atoms with Gasteiger partial charge in [0.05, 0.1) is 7.11 Å². The van der Waals surface area contributed by atoms with Crippen LogP contribution >= 0.6 is 0 Å². The fourth-order valence-electron chi connectivity index (χ4n) is 1.75. The first-order valence-corrected chi connectivity index (χ1v) is 6.21.